The minimum atomic E-state index is -0.477. The molecule has 0 bridgehead atoms. The third-order valence-corrected chi connectivity index (χ3v) is 0.333. The highest BCUT2D eigenvalue weighted by Gasteiger charge is 1.82. The molecular formula is C4H8O. The second kappa shape index (κ2) is 2.21. The minimum Gasteiger partial charge on any atom is -0.393 e. The van der Waals surface area contributed by atoms with E-state index in [0.717, 1.165) is 0 Å². The summed E-state index contributed by atoms with van der Waals surface area (Å²) in [6.07, 6.45) is 0.0231. The highest BCUT2D eigenvalue weighted by atomic mass is 16.3. The summed E-state index contributed by atoms with van der Waals surface area (Å²) in [5.41, 5.74) is 0. The fourth-order valence-corrected chi connectivity index (χ4v) is 0. The maximum atomic E-state index is 8.19. The topological polar surface area (TPSA) is 20.2 Å². The molecule has 1 nitrogen and oxygen atoms in total. The predicted molar refractivity (Wildman–Crippen MR) is 21.3 cm³/mol. The van der Waals surface area contributed by atoms with E-state index in [1.54, 1.807) is 0 Å². The second-order valence-corrected chi connectivity index (χ2v) is 0.942. The van der Waals surface area contributed by atoms with Crippen molar-refractivity contribution in [2.75, 3.05) is 0 Å². The minimum absolute atomic E-state index is 0.477. The number of aliphatic hydroxyl groups excluding tert-OH is 1. The number of hydrogen-bond donors (Lipinski definition) is 1. The number of rotatable bonds is 1. The summed E-state index contributed by atoms with van der Waals surface area (Å²) in [4.78, 5) is 0. The molecule has 30 valence electrons. The molecule has 1 atom stereocenters. The summed E-state index contributed by atoms with van der Waals surface area (Å²) in [5.74, 6) is 0. The van der Waals surface area contributed by atoms with E-state index in [-0.39, 0.29) is 0 Å². The lowest BCUT2D eigenvalue weighted by Crippen LogP contribution is -1.94. The van der Waals surface area contributed by atoms with Crippen LogP contribution in [0.2, 0.25) is 0 Å². The van der Waals surface area contributed by atoms with E-state index >= 15 is 0 Å². The van der Waals surface area contributed by atoms with Crippen LogP contribution in [0, 0.1) is 13.8 Å². The van der Waals surface area contributed by atoms with E-state index in [1.807, 2.05) is 0 Å². The molecule has 2 radical (unpaired) electrons. The van der Waals surface area contributed by atoms with Crippen LogP contribution >= 0.6 is 0 Å². The van der Waals surface area contributed by atoms with E-state index in [9.17, 15) is 0 Å². The van der Waals surface area contributed by atoms with Crippen LogP contribution in [0.1, 0.15) is 6.42 Å². The summed E-state index contributed by atoms with van der Waals surface area (Å²) in [6.45, 7) is 6.62. The molecule has 0 aliphatic heterocycles. The maximum Gasteiger partial charge on any atom is 0.0541 e. The zero-order valence-electron chi connectivity index (χ0n) is 3.15. The Kier molecular flexibility index (Phi) is 2.19. The molecule has 0 aromatic carbocycles. The van der Waals surface area contributed by atoms with Gasteiger partial charge in [0.05, 0.1) is 6.10 Å². The molecule has 1 heteroatoms. The van der Waals surface area contributed by atoms with Gasteiger partial charge in [-0.25, -0.2) is 0 Å². The lowest BCUT2D eigenvalue weighted by Gasteiger charge is -1.90. The maximum absolute atomic E-state index is 8.19. The van der Waals surface area contributed by atoms with Crippen LogP contribution in [0.25, 0.3) is 0 Å². The molecule has 0 saturated carbocycles. The van der Waals surface area contributed by atoms with Crippen LogP contribution in [0.3, 0.4) is 0 Å². The van der Waals surface area contributed by atoms with E-state index in [4.69, 9.17) is 5.11 Å². The van der Waals surface area contributed by atoms with Crippen molar-refractivity contribution in [2.45, 2.75) is 12.5 Å². The summed E-state index contributed by atoms with van der Waals surface area (Å²) >= 11 is 0. The van der Waals surface area contributed by atoms with Gasteiger partial charge in [0.15, 0.2) is 0 Å². The zero-order chi connectivity index (χ0) is 4.28. The zero-order valence-corrected chi connectivity index (χ0v) is 3.15. The standard InChI is InChI=1S/C4H8O/c1-3-4(2)5/h4-5H,1-3H2. The molecule has 0 aliphatic rings. The summed E-state index contributed by atoms with van der Waals surface area (Å²) in [7, 11) is 0. The van der Waals surface area contributed by atoms with E-state index in [1.165, 1.54) is 0 Å². The molecule has 1 unspecified atom stereocenters. The average Bonchev–Trinajstić information content (AvgIpc) is 1.38. The molecule has 5 heavy (non-hydrogen) atoms. The van der Waals surface area contributed by atoms with Gasteiger partial charge in [0, 0.05) is 0 Å². The second-order valence-electron chi connectivity index (χ2n) is 0.942. The first-order chi connectivity index (χ1) is 2.27. The van der Waals surface area contributed by atoms with Gasteiger partial charge < -0.3 is 5.11 Å². The Hall–Kier alpha value is -0.0400. The van der Waals surface area contributed by atoms with Gasteiger partial charge >= 0.3 is 0 Å². The van der Waals surface area contributed by atoms with Gasteiger partial charge in [-0.05, 0) is 13.3 Å². The molecule has 0 aromatic heterocycles. The fourth-order valence-electron chi connectivity index (χ4n) is 0. The highest BCUT2D eigenvalue weighted by molar-refractivity contribution is 4.55. The lowest BCUT2D eigenvalue weighted by atomic mass is 10.3. The Morgan fingerprint density at radius 2 is 2.00 bits per heavy atom. The van der Waals surface area contributed by atoms with Crippen molar-refractivity contribution in [2.24, 2.45) is 0 Å². The largest absolute Gasteiger partial charge is 0.393 e. The molecule has 0 spiro atoms. The van der Waals surface area contributed by atoms with Crippen LogP contribution in [0.15, 0.2) is 0 Å². The summed E-state index contributed by atoms with van der Waals surface area (Å²) < 4.78 is 0. The Bertz CT molecular complexity index is 17.6. The number of hydrogen-bond acceptors (Lipinski definition) is 1. The van der Waals surface area contributed by atoms with Crippen LogP contribution < -0.4 is 0 Å². The fraction of sp³-hybridized carbons (Fsp3) is 0.500. The van der Waals surface area contributed by atoms with Crippen LogP contribution in [-0.2, 0) is 0 Å². The highest BCUT2D eigenvalue weighted by Crippen LogP contribution is 1.80. The molecular weight excluding hydrogens is 64.0 g/mol. The van der Waals surface area contributed by atoms with Crippen molar-refractivity contribution in [3.63, 3.8) is 0 Å². The summed E-state index contributed by atoms with van der Waals surface area (Å²) in [5, 5.41) is 8.19. The van der Waals surface area contributed by atoms with Gasteiger partial charge in [0.25, 0.3) is 0 Å². The van der Waals surface area contributed by atoms with Gasteiger partial charge in [0.1, 0.15) is 0 Å². The monoisotopic (exact) mass is 72.1 g/mol. The molecule has 0 saturated heterocycles. The van der Waals surface area contributed by atoms with E-state index < -0.39 is 6.10 Å². The van der Waals surface area contributed by atoms with Crippen molar-refractivity contribution in [3.8, 4) is 0 Å². The van der Waals surface area contributed by atoms with E-state index in [2.05, 4.69) is 13.8 Å². The molecule has 0 aliphatic carbocycles. The quantitative estimate of drug-likeness (QED) is 0.475. The first-order valence-corrected chi connectivity index (χ1v) is 1.57. The predicted octanol–water partition coefficient (Wildman–Crippen LogP) is 0.406. The molecule has 0 aromatic rings. The third kappa shape index (κ3) is 3.96. The number of aliphatic hydroxyl groups is 1. The van der Waals surface area contributed by atoms with Gasteiger partial charge in [-0.1, -0.05) is 6.92 Å². The van der Waals surface area contributed by atoms with Gasteiger partial charge in [-0.2, -0.15) is 0 Å². The van der Waals surface area contributed by atoms with Crippen molar-refractivity contribution in [1.29, 1.82) is 0 Å². The van der Waals surface area contributed by atoms with Crippen molar-refractivity contribution >= 4 is 0 Å². The smallest absolute Gasteiger partial charge is 0.0541 e. The third-order valence-electron chi connectivity index (χ3n) is 0.333. The Morgan fingerprint density at radius 1 is 1.80 bits per heavy atom. The van der Waals surface area contributed by atoms with Gasteiger partial charge in [-0.15, -0.1) is 0 Å². The van der Waals surface area contributed by atoms with Crippen LogP contribution in [-0.4, -0.2) is 11.2 Å². The first-order valence-electron chi connectivity index (χ1n) is 1.57. The summed E-state index contributed by atoms with van der Waals surface area (Å²) in [6, 6.07) is 0. The SMILES string of the molecule is [CH2]CC([CH2])O. The molecule has 0 heterocycles. The van der Waals surface area contributed by atoms with Crippen LogP contribution in [0.4, 0.5) is 0 Å². The lowest BCUT2D eigenvalue weighted by molar-refractivity contribution is 0.224. The van der Waals surface area contributed by atoms with Crippen molar-refractivity contribution in [1.82, 2.24) is 0 Å². The van der Waals surface area contributed by atoms with Crippen molar-refractivity contribution < 1.29 is 5.11 Å². The average molecular weight is 72.1 g/mol. The molecule has 0 amide bonds. The molecule has 1 N–H and O–H groups in total. The Labute approximate surface area is 32.6 Å². The Morgan fingerprint density at radius 3 is 2.00 bits per heavy atom. The van der Waals surface area contributed by atoms with Gasteiger partial charge in [-0.3, -0.25) is 0 Å². The van der Waals surface area contributed by atoms with Crippen LogP contribution in [0.5, 0.6) is 0 Å². The molecule has 0 rings (SSSR count). The van der Waals surface area contributed by atoms with Gasteiger partial charge in [0.2, 0.25) is 0 Å². The normalized spacial score (nSPS) is 15.0. The molecule has 0 fully saturated rings. The van der Waals surface area contributed by atoms with Crippen molar-refractivity contribution in [3.05, 3.63) is 13.8 Å². The Balaban J connectivity index is 2.54. The first kappa shape index (κ1) is 4.96. The van der Waals surface area contributed by atoms with E-state index in [0.29, 0.717) is 6.42 Å².